The summed E-state index contributed by atoms with van der Waals surface area (Å²) >= 11 is 8.04. The molecule has 0 amide bonds. The van der Waals surface area contributed by atoms with Crippen molar-refractivity contribution in [3.05, 3.63) is 51.7 Å². The zero-order valence-electron chi connectivity index (χ0n) is 12.9. The number of rotatable bonds is 3. The second-order valence-electron chi connectivity index (χ2n) is 5.79. The fraction of sp³-hybridized carbons (Fsp3) is 0.333. The van der Waals surface area contributed by atoms with Crippen LogP contribution in [0.4, 0.5) is 0 Å². The van der Waals surface area contributed by atoms with Gasteiger partial charge in [0.1, 0.15) is 22.1 Å². The number of fused-ring (bicyclic) bond motifs is 3. The van der Waals surface area contributed by atoms with Gasteiger partial charge >= 0.3 is 0 Å². The normalized spacial score (nSPS) is 17.2. The zero-order chi connectivity index (χ0) is 15.8. The second-order valence-corrected chi connectivity index (χ2v) is 7.23. The lowest BCUT2D eigenvalue weighted by molar-refractivity contribution is 0.340. The predicted molar refractivity (Wildman–Crippen MR) is 94.8 cm³/mol. The van der Waals surface area contributed by atoms with Gasteiger partial charge in [0.2, 0.25) is 0 Å². The van der Waals surface area contributed by atoms with Crippen LogP contribution < -0.4 is 4.74 Å². The molecule has 0 fully saturated rings. The summed E-state index contributed by atoms with van der Waals surface area (Å²) in [6.07, 6.45) is 4.79. The third-order valence-corrected chi connectivity index (χ3v) is 5.91. The second kappa shape index (κ2) is 6.10. The van der Waals surface area contributed by atoms with Gasteiger partial charge in [-0.2, -0.15) is 0 Å². The van der Waals surface area contributed by atoms with Gasteiger partial charge in [-0.1, -0.05) is 23.7 Å². The van der Waals surface area contributed by atoms with Gasteiger partial charge in [0.15, 0.2) is 0 Å². The van der Waals surface area contributed by atoms with E-state index in [4.69, 9.17) is 16.3 Å². The van der Waals surface area contributed by atoms with Crippen molar-refractivity contribution in [1.82, 2.24) is 9.97 Å². The van der Waals surface area contributed by atoms with Gasteiger partial charge in [0, 0.05) is 4.88 Å². The van der Waals surface area contributed by atoms with Crippen LogP contribution in [0.25, 0.3) is 10.2 Å². The summed E-state index contributed by atoms with van der Waals surface area (Å²) in [5.41, 5.74) is 2.74. The Labute approximate surface area is 144 Å². The smallest absolute Gasteiger partial charge is 0.141 e. The van der Waals surface area contributed by atoms with Crippen molar-refractivity contribution in [3.8, 4) is 5.75 Å². The monoisotopic (exact) mass is 344 g/mol. The Hall–Kier alpha value is -1.65. The first-order valence-electron chi connectivity index (χ1n) is 7.89. The Kier molecular flexibility index (Phi) is 3.95. The van der Waals surface area contributed by atoms with Crippen LogP contribution >= 0.6 is 22.9 Å². The Balaban J connectivity index is 1.63. The molecule has 23 heavy (non-hydrogen) atoms. The van der Waals surface area contributed by atoms with Crippen molar-refractivity contribution in [2.75, 3.05) is 6.61 Å². The van der Waals surface area contributed by atoms with E-state index in [2.05, 4.69) is 34.2 Å². The molecule has 1 aliphatic carbocycles. The third-order valence-electron chi connectivity index (χ3n) is 4.46. The van der Waals surface area contributed by atoms with Crippen molar-refractivity contribution in [3.63, 3.8) is 0 Å². The molecule has 2 aromatic heterocycles. The highest BCUT2D eigenvalue weighted by Crippen LogP contribution is 2.42. The molecule has 1 unspecified atom stereocenters. The Morgan fingerprint density at radius 2 is 2.09 bits per heavy atom. The van der Waals surface area contributed by atoms with Crippen molar-refractivity contribution < 1.29 is 4.74 Å². The van der Waals surface area contributed by atoms with Gasteiger partial charge in [-0.25, -0.2) is 9.97 Å². The number of ether oxygens (including phenoxy) is 1. The number of benzene rings is 1. The third kappa shape index (κ3) is 2.70. The number of halogens is 1. The molecule has 0 saturated carbocycles. The average Bonchev–Trinajstić information content (AvgIpc) is 2.94. The Morgan fingerprint density at radius 1 is 1.26 bits per heavy atom. The largest absolute Gasteiger partial charge is 0.494 e. The average molecular weight is 345 g/mol. The highest BCUT2D eigenvalue weighted by Gasteiger charge is 2.25. The fourth-order valence-corrected chi connectivity index (χ4v) is 4.93. The molecule has 1 aliphatic rings. The summed E-state index contributed by atoms with van der Waals surface area (Å²) in [6, 6.07) is 8.53. The molecule has 2 heterocycles. The molecule has 0 aliphatic heterocycles. The van der Waals surface area contributed by atoms with E-state index < -0.39 is 0 Å². The molecule has 5 heteroatoms. The number of hydrogen-bond donors (Lipinski definition) is 0. The van der Waals surface area contributed by atoms with E-state index in [-0.39, 0.29) is 0 Å². The van der Waals surface area contributed by atoms with E-state index >= 15 is 0 Å². The minimum Gasteiger partial charge on any atom is -0.494 e. The summed E-state index contributed by atoms with van der Waals surface area (Å²) in [5.74, 6) is 1.50. The van der Waals surface area contributed by atoms with Crippen LogP contribution in [-0.2, 0) is 12.8 Å². The summed E-state index contributed by atoms with van der Waals surface area (Å²) in [6.45, 7) is 2.71. The Bertz CT molecular complexity index is 844. The lowest BCUT2D eigenvalue weighted by Crippen LogP contribution is -2.10. The maximum Gasteiger partial charge on any atom is 0.141 e. The first-order chi connectivity index (χ1) is 11.3. The summed E-state index contributed by atoms with van der Waals surface area (Å²) < 4.78 is 5.53. The van der Waals surface area contributed by atoms with Crippen LogP contribution in [-0.4, -0.2) is 16.6 Å². The minimum absolute atomic E-state index is 0.554. The maximum atomic E-state index is 6.28. The van der Waals surface area contributed by atoms with Gasteiger partial charge in [-0.3, -0.25) is 0 Å². The first-order valence-corrected chi connectivity index (χ1v) is 9.09. The van der Waals surface area contributed by atoms with Crippen molar-refractivity contribution in [2.24, 2.45) is 0 Å². The van der Waals surface area contributed by atoms with Gasteiger partial charge in [0.25, 0.3) is 0 Å². The molecule has 1 atom stereocenters. The van der Waals surface area contributed by atoms with E-state index in [1.807, 2.05) is 6.92 Å². The zero-order valence-corrected chi connectivity index (χ0v) is 14.5. The molecule has 0 N–H and O–H groups in total. The van der Waals surface area contributed by atoms with Gasteiger partial charge in [-0.15, -0.1) is 11.3 Å². The van der Waals surface area contributed by atoms with Gasteiger partial charge in [-0.05, 0) is 55.4 Å². The molecule has 4 rings (SSSR count). The molecular weight excluding hydrogens is 328 g/mol. The number of aryl methyl sites for hydroxylation is 1. The van der Waals surface area contributed by atoms with Crippen LogP contribution in [0.1, 0.15) is 35.3 Å². The van der Waals surface area contributed by atoms with Crippen LogP contribution in [0.2, 0.25) is 5.15 Å². The number of hydrogen-bond acceptors (Lipinski definition) is 4. The quantitative estimate of drug-likeness (QED) is 0.626. The minimum atomic E-state index is 0.554. The summed E-state index contributed by atoms with van der Waals surface area (Å²) in [7, 11) is 0. The lowest BCUT2D eigenvalue weighted by atomic mass is 9.83. The van der Waals surface area contributed by atoms with Crippen molar-refractivity contribution >= 4 is 33.2 Å². The molecule has 0 saturated heterocycles. The first kappa shape index (κ1) is 14.9. The molecular formula is C18H17ClN2OS. The van der Waals surface area contributed by atoms with E-state index in [9.17, 15) is 0 Å². The predicted octanol–water partition coefficient (Wildman–Crippen LogP) is 5.02. The molecule has 3 aromatic rings. The molecule has 118 valence electrons. The molecule has 1 aromatic carbocycles. The lowest BCUT2D eigenvalue weighted by Gasteiger charge is -2.23. The topological polar surface area (TPSA) is 35.0 Å². The van der Waals surface area contributed by atoms with Crippen LogP contribution in [0.3, 0.4) is 0 Å². The SMILES string of the molecule is CCOc1ccc(C2CCc3c(sc4ncnc(Cl)c34)C2)cc1. The highest BCUT2D eigenvalue weighted by atomic mass is 35.5. The molecule has 0 bridgehead atoms. The van der Waals surface area contributed by atoms with Crippen LogP contribution in [0.5, 0.6) is 5.75 Å². The van der Waals surface area contributed by atoms with Crippen molar-refractivity contribution in [1.29, 1.82) is 0 Å². The Morgan fingerprint density at radius 3 is 2.87 bits per heavy atom. The number of nitrogens with zero attached hydrogens (tertiary/aromatic N) is 2. The van der Waals surface area contributed by atoms with Gasteiger partial charge < -0.3 is 4.74 Å². The van der Waals surface area contributed by atoms with E-state index in [0.29, 0.717) is 17.7 Å². The van der Waals surface area contributed by atoms with E-state index in [1.54, 1.807) is 17.7 Å². The fourth-order valence-electron chi connectivity index (χ4n) is 3.36. The van der Waals surface area contributed by atoms with Crippen LogP contribution in [0.15, 0.2) is 30.6 Å². The van der Waals surface area contributed by atoms with Gasteiger partial charge in [0.05, 0.1) is 12.0 Å². The highest BCUT2D eigenvalue weighted by molar-refractivity contribution is 7.19. The molecule has 0 radical (unpaired) electrons. The van der Waals surface area contributed by atoms with E-state index in [0.717, 1.165) is 35.2 Å². The number of aromatic nitrogens is 2. The molecule has 3 nitrogen and oxygen atoms in total. The number of thiophene rings is 1. The standard InChI is InChI=1S/C18H17ClN2OS/c1-2-22-13-6-3-11(4-7-13)12-5-8-14-15(9-12)23-18-16(14)17(19)20-10-21-18/h3-4,6-7,10,12H,2,5,8-9H2,1H3. The molecule has 0 spiro atoms. The summed E-state index contributed by atoms with van der Waals surface area (Å²) in [4.78, 5) is 10.9. The van der Waals surface area contributed by atoms with E-state index in [1.165, 1.54) is 16.0 Å². The maximum absolute atomic E-state index is 6.28. The summed E-state index contributed by atoms with van der Waals surface area (Å²) in [5, 5.41) is 1.66. The van der Waals surface area contributed by atoms with Crippen molar-refractivity contribution in [2.45, 2.75) is 32.1 Å². The van der Waals surface area contributed by atoms with Crippen LogP contribution in [0, 0.1) is 0 Å².